The fraction of sp³-hybridized carbons (Fsp3) is 0.404. The number of fused-ring (bicyclic) bond motifs is 4. The number of likely N-dealkylation sites (tertiary alicyclic amines) is 1. The maximum atomic E-state index is 12.9. The Morgan fingerprint density at radius 2 is 1.11 bits per heavy atom. The zero-order valence-corrected chi connectivity index (χ0v) is 40.9. The molecule has 71 heavy (non-hydrogen) atoms. The Bertz CT molecular complexity index is 2850. The highest BCUT2D eigenvalue weighted by Gasteiger charge is 2.43. The molecule has 15 nitrogen and oxygen atoms in total. The quantitative estimate of drug-likeness (QED) is 0.0562. The Balaban J connectivity index is 0.000000206. The average molecular weight is 1120 g/mol. The molecule has 1 fully saturated rings. The van der Waals surface area contributed by atoms with Gasteiger partial charge in [-0.1, -0.05) is 0 Å². The molecule has 0 atom stereocenters. The molecular weight excluding hydrogens is 1070 g/mol. The predicted molar refractivity (Wildman–Crippen MR) is 251 cm³/mol. The zero-order valence-electron chi connectivity index (χ0n) is 38.6. The number of rotatable bonds is 15. The van der Waals surface area contributed by atoms with Crippen molar-refractivity contribution in [1.29, 1.82) is 0 Å². The highest BCUT2D eigenvalue weighted by Crippen LogP contribution is 2.38. The number of carbonyl (C=O) groups excluding carboxylic acids is 2. The van der Waals surface area contributed by atoms with Crippen LogP contribution in [0.25, 0.3) is 33.8 Å². The van der Waals surface area contributed by atoms with Gasteiger partial charge in [-0.25, -0.2) is 18.7 Å². The number of hydrogen-bond donors (Lipinski definition) is 0. The summed E-state index contributed by atoms with van der Waals surface area (Å²) < 4.78 is 139. The van der Waals surface area contributed by atoms with E-state index in [1.165, 1.54) is 28.4 Å². The molecule has 3 aliphatic rings. The minimum absolute atomic E-state index is 0. The second kappa shape index (κ2) is 21.4. The first-order chi connectivity index (χ1) is 33.3. The highest BCUT2D eigenvalue weighted by molar-refractivity contribution is 14.0. The summed E-state index contributed by atoms with van der Waals surface area (Å²) in [5, 5.41) is 0. The van der Waals surface area contributed by atoms with Gasteiger partial charge in [0.25, 0.3) is 17.7 Å². The first-order valence-electron chi connectivity index (χ1n) is 21.8. The molecule has 0 spiro atoms. The molecule has 2 amide bonds. The minimum Gasteiger partial charge on any atom is -0.496 e. The molecule has 3 aliphatic heterocycles. The number of pyridine rings is 2. The van der Waals surface area contributed by atoms with Crippen molar-refractivity contribution in [2.24, 2.45) is 0 Å². The Labute approximate surface area is 418 Å². The smallest absolute Gasteiger partial charge is 0.406 e. The monoisotopic (exact) mass is 1120 g/mol. The van der Waals surface area contributed by atoms with Crippen molar-refractivity contribution in [2.45, 2.75) is 37.4 Å². The molecule has 382 valence electrons. The minimum atomic E-state index is -4.48. The van der Waals surface area contributed by atoms with Gasteiger partial charge in [-0.2, -0.15) is 26.3 Å². The molecule has 6 aromatic rings. The van der Waals surface area contributed by atoms with Gasteiger partial charge in [-0.15, -0.1) is 24.0 Å². The molecule has 0 radical (unpaired) electrons. The first-order valence-corrected chi connectivity index (χ1v) is 21.8. The molecule has 1 saturated heterocycles. The lowest BCUT2D eigenvalue weighted by Crippen LogP contribution is -2.56. The number of methoxy groups -OCH3 is 4. The first kappa shape index (κ1) is 52.8. The molecule has 0 saturated carbocycles. The van der Waals surface area contributed by atoms with Gasteiger partial charge in [0.05, 0.1) is 62.2 Å². The predicted octanol–water partition coefficient (Wildman–Crippen LogP) is 8.09. The van der Waals surface area contributed by atoms with Crippen LogP contribution in [0.1, 0.15) is 31.8 Å². The lowest BCUT2D eigenvalue weighted by atomic mass is 9.94. The van der Waals surface area contributed by atoms with E-state index in [1.54, 1.807) is 78.2 Å². The summed E-state index contributed by atoms with van der Waals surface area (Å²) in [5.74, 6) is -2.45. The van der Waals surface area contributed by atoms with Crippen LogP contribution in [0.15, 0.2) is 73.3 Å². The van der Waals surface area contributed by atoms with Gasteiger partial charge < -0.3 is 38.2 Å². The number of benzene rings is 2. The second-order valence-corrected chi connectivity index (χ2v) is 16.7. The number of ether oxygens (including phenoxy) is 6. The fourth-order valence-electron chi connectivity index (χ4n) is 8.59. The van der Waals surface area contributed by atoms with Crippen LogP contribution in [0.3, 0.4) is 0 Å². The normalized spacial score (nSPS) is 15.7. The van der Waals surface area contributed by atoms with Crippen molar-refractivity contribution >= 4 is 47.1 Å². The van der Waals surface area contributed by atoms with E-state index in [1.807, 2.05) is 8.80 Å². The van der Waals surface area contributed by atoms with Gasteiger partial charge in [-0.3, -0.25) is 23.3 Å². The van der Waals surface area contributed by atoms with Gasteiger partial charge in [0, 0.05) is 69.5 Å². The maximum Gasteiger partial charge on any atom is 0.406 e. The molecule has 7 heterocycles. The fourth-order valence-corrected chi connectivity index (χ4v) is 8.59. The summed E-state index contributed by atoms with van der Waals surface area (Å²) in [6.07, 6.45) is -2.02. The van der Waals surface area contributed by atoms with Gasteiger partial charge >= 0.3 is 12.4 Å². The Morgan fingerprint density at radius 1 is 0.662 bits per heavy atom. The van der Waals surface area contributed by atoms with Crippen molar-refractivity contribution < 1.29 is 73.1 Å². The van der Waals surface area contributed by atoms with E-state index in [-0.39, 0.29) is 98.8 Å². The molecule has 0 aliphatic carbocycles. The third-order valence-corrected chi connectivity index (χ3v) is 11.9. The standard InChI is InChI=1S/C24H23F5N4O3.C23H24F3N3O5.HI/c1-35-19-9-16(8-15-2-4-32(14-24(27,28)29)22(34)21(15)19)18-11-30-20-10-17(3-5-33(18)20)36-7-6-31-12-23(25,26)13-31;1-31-18-9-15(8-14-4-6-28(13-23(24,25)26)22(30)21(14)18)17-11-27-19-10-16(5-7-29(17)19)34-12-20(32-2)33-3;/h3,5,8-11H,2,4,6-7,12-14H2,1H3;5,7-11,20H,4,6,12-13H2,1-3H3;1H. The number of hydrogen-bond acceptors (Lipinski definition) is 11. The number of imidazole rings is 2. The van der Waals surface area contributed by atoms with E-state index in [0.29, 0.717) is 51.7 Å². The van der Waals surface area contributed by atoms with E-state index in [9.17, 15) is 44.7 Å². The Morgan fingerprint density at radius 3 is 1.52 bits per heavy atom. The number of amides is 2. The molecule has 9 rings (SSSR count). The number of alkyl halides is 8. The zero-order chi connectivity index (χ0) is 50.1. The number of aromatic nitrogens is 4. The lowest BCUT2D eigenvalue weighted by Gasteiger charge is -2.38. The second-order valence-electron chi connectivity index (χ2n) is 16.7. The highest BCUT2D eigenvalue weighted by atomic mass is 127. The van der Waals surface area contributed by atoms with Crippen LogP contribution >= 0.6 is 24.0 Å². The van der Waals surface area contributed by atoms with Crippen LogP contribution in [-0.2, 0) is 22.3 Å². The Kier molecular flexibility index (Phi) is 15.9. The number of halogens is 9. The van der Waals surface area contributed by atoms with Crippen LogP contribution in [-0.4, -0.2) is 157 Å². The van der Waals surface area contributed by atoms with Gasteiger partial charge in [0.15, 0.2) is 6.29 Å². The lowest BCUT2D eigenvalue weighted by molar-refractivity contribution is -0.141. The summed E-state index contributed by atoms with van der Waals surface area (Å²) in [6, 6.07) is 13.8. The van der Waals surface area contributed by atoms with Crippen LogP contribution in [0.5, 0.6) is 23.0 Å². The van der Waals surface area contributed by atoms with Crippen LogP contribution in [0.2, 0.25) is 0 Å². The van der Waals surface area contributed by atoms with Crippen LogP contribution in [0.4, 0.5) is 35.1 Å². The van der Waals surface area contributed by atoms with E-state index >= 15 is 0 Å². The number of nitrogens with zero attached hydrogens (tertiary/aromatic N) is 7. The molecular formula is C47H48F8IN7O8. The average Bonchev–Trinajstić information content (AvgIpc) is 3.93. The largest absolute Gasteiger partial charge is 0.496 e. The van der Waals surface area contributed by atoms with E-state index in [0.717, 1.165) is 21.1 Å². The van der Waals surface area contributed by atoms with Gasteiger partial charge in [0.2, 0.25) is 0 Å². The molecule has 4 aromatic heterocycles. The van der Waals surface area contributed by atoms with Crippen molar-refractivity contribution in [3.8, 4) is 45.5 Å². The maximum absolute atomic E-state index is 12.9. The molecule has 24 heteroatoms. The summed E-state index contributed by atoms with van der Waals surface area (Å²) in [5.41, 5.74) is 5.63. The van der Waals surface area contributed by atoms with Crippen LogP contribution in [0, 0.1) is 0 Å². The van der Waals surface area contributed by atoms with Crippen molar-refractivity contribution in [2.75, 3.05) is 87.5 Å². The van der Waals surface area contributed by atoms with Crippen LogP contribution < -0.4 is 18.9 Å². The molecule has 2 aromatic carbocycles. The van der Waals surface area contributed by atoms with E-state index in [4.69, 9.17) is 28.4 Å². The third kappa shape index (κ3) is 12.0. The molecule has 0 N–H and O–H groups in total. The number of carbonyl (C=O) groups is 2. The van der Waals surface area contributed by atoms with Gasteiger partial charge in [-0.05, 0) is 60.4 Å². The Hall–Kier alpha value is -5.99. The summed E-state index contributed by atoms with van der Waals surface area (Å²) in [6.45, 7) is -2.30. The van der Waals surface area contributed by atoms with Crippen molar-refractivity contribution in [3.63, 3.8) is 0 Å². The van der Waals surface area contributed by atoms with Crippen molar-refractivity contribution in [1.82, 2.24) is 33.5 Å². The van der Waals surface area contributed by atoms with Gasteiger partial charge in [0.1, 0.15) is 60.6 Å². The summed E-state index contributed by atoms with van der Waals surface area (Å²) in [4.78, 5) is 37.6. The van der Waals surface area contributed by atoms with Crippen molar-refractivity contribution in [3.05, 3.63) is 95.6 Å². The topological polar surface area (TPSA) is 134 Å². The molecule has 0 bridgehead atoms. The molecule has 0 unspecified atom stereocenters. The third-order valence-electron chi connectivity index (χ3n) is 11.9. The summed E-state index contributed by atoms with van der Waals surface area (Å²) >= 11 is 0. The van der Waals surface area contributed by atoms with E-state index in [2.05, 4.69) is 9.97 Å². The SMILES string of the molecule is COc1cc(-c2cnc3cc(OCC(OC)OC)ccn23)cc2c1C(=O)N(CC(F)(F)F)CC2.COc1cc(-c2cnc3cc(OCCN4CC(F)(F)C4)ccn23)cc2c1C(=O)N(CC(F)(F)F)CC2.I. The summed E-state index contributed by atoms with van der Waals surface area (Å²) in [7, 11) is 5.81. The van der Waals surface area contributed by atoms with E-state index < -0.39 is 49.5 Å².